The van der Waals surface area contributed by atoms with E-state index in [-0.39, 0.29) is 12.5 Å². The largest absolute Gasteiger partial charge is 0.483 e. The molecule has 2 aromatic carbocycles. The van der Waals surface area contributed by atoms with Gasteiger partial charge in [-0.1, -0.05) is 36.4 Å². The second-order valence-corrected chi connectivity index (χ2v) is 5.95. The van der Waals surface area contributed by atoms with E-state index in [1.165, 1.54) is 5.69 Å². The minimum atomic E-state index is -0.306. The van der Waals surface area contributed by atoms with Crippen molar-refractivity contribution in [2.75, 3.05) is 24.6 Å². The number of benzene rings is 2. The zero-order chi connectivity index (χ0) is 19.5. The van der Waals surface area contributed by atoms with Crippen molar-refractivity contribution in [3.63, 3.8) is 0 Å². The van der Waals surface area contributed by atoms with E-state index < -0.39 is 0 Å². The van der Waals surface area contributed by atoms with Crippen LogP contribution in [0.5, 0.6) is 5.75 Å². The minimum absolute atomic E-state index is 0.0909. The van der Waals surface area contributed by atoms with Crippen molar-refractivity contribution in [1.82, 2.24) is 5.43 Å². The molecule has 0 heterocycles. The first kappa shape index (κ1) is 20.2. The highest BCUT2D eigenvalue weighted by atomic mass is 16.5. The van der Waals surface area contributed by atoms with Crippen LogP contribution < -0.4 is 15.1 Å². The molecule has 1 N–H and O–H groups in total. The van der Waals surface area contributed by atoms with Crippen LogP contribution in [0.4, 0.5) is 5.69 Å². The number of rotatable bonds is 10. The third-order valence-corrected chi connectivity index (χ3v) is 4.12. The summed E-state index contributed by atoms with van der Waals surface area (Å²) in [5, 5.41) is 3.99. The van der Waals surface area contributed by atoms with Gasteiger partial charge in [-0.05, 0) is 49.6 Å². The molecule has 0 fully saturated rings. The molecule has 0 unspecified atom stereocenters. The first-order valence-corrected chi connectivity index (χ1v) is 9.16. The number of ether oxygens (including phenoxy) is 1. The molecule has 0 saturated heterocycles. The number of carbonyl (C=O) groups is 1. The van der Waals surface area contributed by atoms with E-state index >= 15 is 0 Å². The van der Waals surface area contributed by atoms with Crippen molar-refractivity contribution < 1.29 is 9.53 Å². The maximum atomic E-state index is 11.9. The number of nitrogens with one attached hydrogen (secondary N) is 1. The highest BCUT2D eigenvalue weighted by Crippen LogP contribution is 2.18. The van der Waals surface area contributed by atoms with Gasteiger partial charge in [0.1, 0.15) is 5.75 Å². The van der Waals surface area contributed by atoms with Crippen LogP contribution in [0, 0.1) is 0 Å². The summed E-state index contributed by atoms with van der Waals surface area (Å²) in [5.41, 5.74) is 5.58. The van der Waals surface area contributed by atoms with Gasteiger partial charge in [0.2, 0.25) is 0 Å². The average molecular weight is 365 g/mol. The predicted octanol–water partition coefficient (Wildman–Crippen LogP) is 3.79. The topological polar surface area (TPSA) is 53.9 Å². The lowest BCUT2D eigenvalue weighted by Gasteiger charge is -2.20. The van der Waals surface area contributed by atoms with E-state index in [1.54, 1.807) is 12.3 Å². The van der Waals surface area contributed by atoms with Crippen LogP contribution in [0.2, 0.25) is 0 Å². The molecular weight excluding hydrogens is 338 g/mol. The smallest absolute Gasteiger partial charge is 0.277 e. The Morgan fingerprint density at radius 2 is 1.85 bits per heavy atom. The normalized spacial score (nSPS) is 10.6. The van der Waals surface area contributed by atoms with Crippen molar-refractivity contribution in [1.29, 1.82) is 0 Å². The number of anilines is 1. The summed E-state index contributed by atoms with van der Waals surface area (Å²) in [6.45, 7) is 9.84. The molecule has 2 aromatic rings. The van der Waals surface area contributed by atoms with Gasteiger partial charge in [-0.3, -0.25) is 4.79 Å². The lowest BCUT2D eigenvalue weighted by molar-refractivity contribution is -0.123. The summed E-state index contributed by atoms with van der Waals surface area (Å²) in [7, 11) is 0. The third kappa shape index (κ3) is 6.29. The Labute approximate surface area is 161 Å². The number of hydrogen-bond acceptors (Lipinski definition) is 4. The molecular formula is C22H27N3O2. The quantitative estimate of drug-likeness (QED) is 0.396. The maximum absolute atomic E-state index is 11.9. The van der Waals surface area contributed by atoms with Gasteiger partial charge in [0.25, 0.3) is 5.91 Å². The first-order chi connectivity index (χ1) is 13.2. The van der Waals surface area contributed by atoms with Gasteiger partial charge in [0, 0.05) is 18.8 Å². The molecule has 0 aromatic heterocycles. The van der Waals surface area contributed by atoms with E-state index in [0.29, 0.717) is 12.2 Å². The molecule has 0 aliphatic rings. The maximum Gasteiger partial charge on any atom is 0.277 e. The Bertz CT molecular complexity index is 765. The van der Waals surface area contributed by atoms with Crippen LogP contribution >= 0.6 is 0 Å². The number of carbonyl (C=O) groups excluding carboxylic acids is 1. The summed E-state index contributed by atoms with van der Waals surface area (Å²) < 4.78 is 5.58. The Kier molecular flexibility index (Phi) is 8.10. The van der Waals surface area contributed by atoms with Crippen molar-refractivity contribution in [3.05, 3.63) is 72.3 Å². The molecule has 0 spiro atoms. The number of hydrazone groups is 1. The average Bonchev–Trinajstić information content (AvgIpc) is 2.69. The molecule has 0 atom stereocenters. The van der Waals surface area contributed by atoms with Gasteiger partial charge in [0.05, 0.1) is 6.21 Å². The van der Waals surface area contributed by atoms with Crippen LogP contribution in [-0.2, 0) is 11.2 Å². The van der Waals surface area contributed by atoms with Gasteiger partial charge in [-0.2, -0.15) is 5.10 Å². The fourth-order valence-electron chi connectivity index (χ4n) is 2.68. The molecule has 5 heteroatoms. The number of nitrogens with zero attached hydrogens (tertiary/aromatic N) is 2. The second-order valence-electron chi connectivity index (χ2n) is 5.95. The summed E-state index contributed by atoms with van der Waals surface area (Å²) in [4.78, 5) is 14.2. The molecule has 0 aliphatic carbocycles. The molecule has 5 nitrogen and oxygen atoms in total. The summed E-state index contributed by atoms with van der Waals surface area (Å²) in [6.07, 6.45) is 4.12. The first-order valence-electron chi connectivity index (χ1n) is 9.16. The molecule has 0 saturated carbocycles. The Morgan fingerprint density at radius 3 is 2.52 bits per heavy atom. The number of amides is 1. The van der Waals surface area contributed by atoms with Gasteiger partial charge in [-0.15, -0.1) is 6.58 Å². The predicted molar refractivity (Wildman–Crippen MR) is 112 cm³/mol. The molecule has 1 amide bonds. The Hall–Kier alpha value is -3.08. The number of para-hydroxylation sites is 1. The van der Waals surface area contributed by atoms with E-state index in [2.05, 4.69) is 48.0 Å². The highest BCUT2D eigenvalue weighted by Gasteiger charge is 2.05. The summed E-state index contributed by atoms with van der Waals surface area (Å²) in [6, 6.07) is 15.7. The highest BCUT2D eigenvalue weighted by molar-refractivity contribution is 5.83. The lowest BCUT2D eigenvalue weighted by atomic mass is 10.1. The van der Waals surface area contributed by atoms with Crippen LogP contribution in [0.15, 0.2) is 66.3 Å². The lowest BCUT2D eigenvalue weighted by Crippen LogP contribution is -2.24. The summed E-state index contributed by atoms with van der Waals surface area (Å²) >= 11 is 0. The van der Waals surface area contributed by atoms with Crippen LogP contribution in [-0.4, -0.2) is 31.8 Å². The van der Waals surface area contributed by atoms with E-state index in [1.807, 2.05) is 36.4 Å². The molecule has 27 heavy (non-hydrogen) atoms. The van der Waals surface area contributed by atoms with E-state index in [4.69, 9.17) is 4.74 Å². The molecule has 142 valence electrons. The van der Waals surface area contributed by atoms with Gasteiger partial charge in [0.15, 0.2) is 6.61 Å². The van der Waals surface area contributed by atoms with E-state index in [9.17, 15) is 4.79 Å². The van der Waals surface area contributed by atoms with Crippen molar-refractivity contribution in [3.8, 4) is 5.75 Å². The molecule has 2 rings (SSSR count). The van der Waals surface area contributed by atoms with Crippen molar-refractivity contribution in [2.45, 2.75) is 20.3 Å². The summed E-state index contributed by atoms with van der Waals surface area (Å²) in [5.74, 6) is 0.378. The third-order valence-electron chi connectivity index (χ3n) is 4.12. The van der Waals surface area contributed by atoms with Crippen LogP contribution in [0.1, 0.15) is 25.0 Å². The van der Waals surface area contributed by atoms with Crippen molar-refractivity contribution in [2.24, 2.45) is 5.10 Å². The zero-order valence-corrected chi connectivity index (χ0v) is 16.0. The number of hydrogen-bond donors (Lipinski definition) is 1. The molecule has 0 aliphatic heterocycles. The minimum Gasteiger partial charge on any atom is -0.483 e. The van der Waals surface area contributed by atoms with E-state index in [0.717, 1.165) is 24.2 Å². The Morgan fingerprint density at radius 1 is 1.15 bits per heavy atom. The van der Waals surface area contributed by atoms with Gasteiger partial charge >= 0.3 is 0 Å². The monoisotopic (exact) mass is 365 g/mol. The second kappa shape index (κ2) is 10.8. The fraction of sp³-hybridized carbons (Fsp3) is 0.273. The Balaban J connectivity index is 1.84. The van der Waals surface area contributed by atoms with Crippen LogP contribution in [0.3, 0.4) is 0 Å². The van der Waals surface area contributed by atoms with Gasteiger partial charge in [-0.25, -0.2) is 5.43 Å². The standard InChI is InChI=1S/C22H27N3O2/c1-4-9-19-10-7-8-11-21(19)27-17-22(26)24-23-16-18-12-14-20(15-13-18)25(5-2)6-3/h4,7-8,10-16H,1,5-6,9,17H2,2-3H3,(H,24,26). The van der Waals surface area contributed by atoms with Crippen molar-refractivity contribution >= 4 is 17.8 Å². The molecule has 0 bridgehead atoms. The van der Waals surface area contributed by atoms with Crippen LogP contribution in [0.25, 0.3) is 0 Å². The SMILES string of the molecule is C=CCc1ccccc1OCC(=O)NN=Cc1ccc(N(CC)CC)cc1. The van der Waals surface area contributed by atoms with Gasteiger partial charge < -0.3 is 9.64 Å². The molecule has 0 radical (unpaired) electrons. The zero-order valence-electron chi connectivity index (χ0n) is 16.0. The number of allylic oxidation sites excluding steroid dienone is 1. The fourth-order valence-corrected chi connectivity index (χ4v) is 2.68.